The second-order valence-electron chi connectivity index (χ2n) is 9.69. The molecule has 2 N–H and O–H groups in total. The van der Waals surface area contributed by atoms with Crippen molar-refractivity contribution in [3.8, 4) is 5.88 Å². The van der Waals surface area contributed by atoms with Crippen LogP contribution in [-0.4, -0.2) is 35.3 Å². The lowest BCUT2D eigenvalue weighted by atomic mass is 9.69. The number of methoxy groups -OCH3 is 1. The van der Waals surface area contributed by atoms with Crippen molar-refractivity contribution in [1.29, 1.82) is 0 Å². The average Bonchev–Trinajstić information content (AvgIpc) is 2.92. The topological polar surface area (TPSA) is 62.3 Å². The summed E-state index contributed by atoms with van der Waals surface area (Å²) in [6, 6.07) is 18.7. The van der Waals surface area contributed by atoms with Crippen LogP contribution in [0.4, 0.5) is 11.8 Å². The van der Waals surface area contributed by atoms with Crippen LogP contribution in [0.3, 0.4) is 0 Å². The molecule has 1 aliphatic heterocycles. The predicted molar refractivity (Wildman–Crippen MR) is 150 cm³/mol. The van der Waals surface area contributed by atoms with Crippen LogP contribution >= 0.6 is 23.8 Å². The van der Waals surface area contributed by atoms with Crippen LogP contribution in [0, 0.1) is 0 Å². The molecule has 1 saturated carbocycles. The molecule has 0 unspecified atom stereocenters. The van der Waals surface area contributed by atoms with Crippen molar-refractivity contribution in [2.75, 3.05) is 30.4 Å². The Bertz CT molecular complexity index is 1210. The molecule has 0 spiro atoms. The number of anilines is 2. The van der Waals surface area contributed by atoms with Crippen LogP contribution in [0.5, 0.6) is 5.88 Å². The van der Waals surface area contributed by atoms with E-state index in [0.717, 1.165) is 49.7 Å². The molecule has 2 aliphatic rings. The maximum absolute atomic E-state index is 6.16. The van der Waals surface area contributed by atoms with E-state index < -0.39 is 0 Å². The molecule has 6 nitrogen and oxygen atoms in total. The number of nitrogens with one attached hydrogen (secondary N) is 2. The first-order chi connectivity index (χ1) is 17.5. The van der Waals surface area contributed by atoms with Crippen molar-refractivity contribution in [3.63, 3.8) is 0 Å². The molecule has 0 bridgehead atoms. The minimum absolute atomic E-state index is 0.0379. The monoisotopic (exact) mass is 521 g/mol. The van der Waals surface area contributed by atoms with Gasteiger partial charge in [0.25, 0.3) is 0 Å². The second kappa shape index (κ2) is 11.0. The van der Waals surface area contributed by atoms with Gasteiger partial charge < -0.3 is 20.3 Å². The van der Waals surface area contributed by atoms with Gasteiger partial charge in [-0.15, -0.1) is 0 Å². The molecular formula is C28H32ClN5OS. The van der Waals surface area contributed by atoms with Gasteiger partial charge in [0.05, 0.1) is 7.11 Å². The predicted octanol–water partition coefficient (Wildman–Crippen LogP) is 5.89. The van der Waals surface area contributed by atoms with E-state index in [9.17, 15) is 0 Å². The number of hydrogen-bond acceptors (Lipinski definition) is 5. The van der Waals surface area contributed by atoms with E-state index in [-0.39, 0.29) is 5.41 Å². The summed E-state index contributed by atoms with van der Waals surface area (Å²) in [5, 5.41) is 7.93. The van der Waals surface area contributed by atoms with E-state index in [2.05, 4.69) is 56.9 Å². The zero-order valence-electron chi connectivity index (χ0n) is 20.6. The summed E-state index contributed by atoms with van der Waals surface area (Å²) in [6.07, 6.45) is 6.94. The SMILES string of the molecule is COc1cc(N2CCc3ccccc3C2)nc(NC(=S)NCC2(c3ccc(Cl)cc3)CCCCC2)n1. The van der Waals surface area contributed by atoms with Crippen LogP contribution < -0.4 is 20.3 Å². The third-order valence-electron chi connectivity index (χ3n) is 7.43. The van der Waals surface area contributed by atoms with Crippen molar-refractivity contribution in [2.24, 2.45) is 0 Å². The Morgan fingerprint density at radius 2 is 1.81 bits per heavy atom. The molecular weight excluding hydrogens is 490 g/mol. The van der Waals surface area contributed by atoms with Crippen molar-refractivity contribution in [3.05, 3.63) is 76.3 Å². The van der Waals surface area contributed by atoms with Crippen molar-refractivity contribution < 1.29 is 4.74 Å². The van der Waals surface area contributed by atoms with E-state index >= 15 is 0 Å². The largest absolute Gasteiger partial charge is 0.481 e. The second-order valence-corrected chi connectivity index (χ2v) is 10.5. The van der Waals surface area contributed by atoms with E-state index in [4.69, 9.17) is 33.5 Å². The zero-order valence-corrected chi connectivity index (χ0v) is 22.2. The van der Waals surface area contributed by atoms with Crippen LogP contribution in [0.2, 0.25) is 5.02 Å². The van der Waals surface area contributed by atoms with Gasteiger partial charge >= 0.3 is 0 Å². The number of rotatable bonds is 6. The molecule has 0 radical (unpaired) electrons. The van der Waals surface area contributed by atoms with Crippen LogP contribution in [0.1, 0.15) is 48.8 Å². The number of aromatic nitrogens is 2. The van der Waals surface area contributed by atoms with Crippen LogP contribution in [0.25, 0.3) is 0 Å². The lowest BCUT2D eigenvalue weighted by Gasteiger charge is -2.38. The van der Waals surface area contributed by atoms with Gasteiger partial charge in [0.1, 0.15) is 5.82 Å². The van der Waals surface area contributed by atoms with Gasteiger partial charge in [-0.25, -0.2) is 0 Å². The number of fused-ring (bicyclic) bond motifs is 1. The molecule has 3 aromatic rings. The average molecular weight is 522 g/mol. The van der Waals surface area contributed by atoms with Gasteiger partial charge in [0.2, 0.25) is 11.8 Å². The van der Waals surface area contributed by atoms with Gasteiger partial charge in [0.15, 0.2) is 5.11 Å². The van der Waals surface area contributed by atoms with Crippen molar-refractivity contribution in [2.45, 2.75) is 50.5 Å². The molecule has 188 valence electrons. The van der Waals surface area contributed by atoms with E-state index in [1.807, 2.05) is 18.2 Å². The maximum Gasteiger partial charge on any atom is 0.234 e. The van der Waals surface area contributed by atoms with Gasteiger partial charge in [0, 0.05) is 36.1 Å². The highest BCUT2D eigenvalue weighted by Crippen LogP contribution is 2.39. The summed E-state index contributed by atoms with van der Waals surface area (Å²) in [4.78, 5) is 11.5. The molecule has 0 saturated heterocycles. The lowest BCUT2D eigenvalue weighted by molar-refractivity contribution is 0.292. The standard InChI is InChI=1S/C28H32ClN5OS/c1-35-25-17-24(34-16-13-20-7-3-4-8-21(20)18-34)31-26(32-25)33-27(36)30-19-28(14-5-2-6-15-28)22-9-11-23(29)12-10-22/h3-4,7-12,17H,2,5-6,13-16,18-19H2,1H3,(H2,30,31,32,33,36). The highest BCUT2D eigenvalue weighted by Gasteiger charge is 2.34. The summed E-state index contributed by atoms with van der Waals surface area (Å²) in [5.41, 5.74) is 4.08. The number of ether oxygens (including phenoxy) is 1. The Kier molecular flexibility index (Phi) is 7.58. The summed E-state index contributed by atoms with van der Waals surface area (Å²) in [5.74, 6) is 1.77. The zero-order chi connectivity index (χ0) is 25.0. The molecule has 5 rings (SSSR count). The molecule has 1 fully saturated rings. The Morgan fingerprint density at radius 1 is 1.06 bits per heavy atom. The van der Waals surface area contributed by atoms with Crippen LogP contribution in [0.15, 0.2) is 54.6 Å². The molecule has 0 amide bonds. The Morgan fingerprint density at radius 3 is 2.56 bits per heavy atom. The van der Waals surface area contributed by atoms with E-state index in [1.54, 1.807) is 7.11 Å². The molecule has 1 aromatic heterocycles. The maximum atomic E-state index is 6.16. The minimum Gasteiger partial charge on any atom is -0.481 e. The van der Waals surface area contributed by atoms with E-state index in [0.29, 0.717) is 16.9 Å². The van der Waals surface area contributed by atoms with Gasteiger partial charge in [-0.05, 0) is 60.3 Å². The fraction of sp³-hybridized carbons (Fsp3) is 0.393. The highest BCUT2D eigenvalue weighted by molar-refractivity contribution is 7.80. The third kappa shape index (κ3) is 5.57. The molecule has 36 heavy (non-hydrogen) atoms. The number of halogens is 1. The summed E-state index contributed by atoms with van der Waals surface area (Å²) in [7, 11) is 1.62. The summed E-state index contributed by atoms with van der Waals surface area (Å²) >= 11 is 11.8. The smallest absolute Gasteiger partial charge is 0.234 e. The Hall–Kier alpha value is -2.90. The number of benzene rings is 2. The molecule has 2 aromatic carbocycles. The first kappa shape index (κ1) is 24.8. The molecule has 0 atom stereocenters. The van der Waals surface area contributed by atoms with Crippen LogP contribution in [-0.2, 0) is 18.4 Å². The molecule has 8 heteroatoms. The number of nitrogens with zero attached hydrogens (tertiary/aromatic N) is 3. The molecule has 1 aliphatic carbocycles. The normalized spacial score (nSPS) is 16.7. The highest BCUT2D eigenvalue weighted by atomic mass is 35.5. The third-order valence-corrected chi connectivity index (χ3v) is 7.93. The minimum atomic E-state index is 0.0379. The Balaban J connectivity index is 1.29. The summed E-state index contributed by atoms with van der Waals surface area (Å²) in [6.45, 7) is 2.45. The molecule has 2 heterocycles. The first-order valence-corrected chi connectivity index (χ1v) is 13.4. The Labute approximate surface area is 223 Å². The van der Waals surface area contributed by atoms with Gasteiger partial charge in [-0.3, -0.25) is 0 Å². The first-order valence-electron chi connectivity index (χ1n) is 12.6. The number of thiocarbonyl (C=S) groups is 1. The van der Waals surface area contributed by atoms with Crippen molar-refractivity contribution in [1.82, 2.24) is 15.3 Å². The van der Waals surface area contributed by atoms with Crippen molar-refractivity contribution >= 4 is 40.7 Å². The fourth-order valence-electron chi connectivity index (χ4n) is 5.42. The van der Waals surface area contributed by atoms with Gasteiger partial charge in [-0.1, -0.05) is 67.3 Å². The fourth-order valence-corrected chi connectivity index (χ4v) is 5.71. The summed E-state index contributed by atoms with van der Waals surface area (Å²) < 4.78 is 5.48. The van der Waals surface area contributed by atoms with Gasteiger partial charge in [-0.2, -0.15) is 9.97 Å². The lowest BCUT2D eigenvalue weighted by Crippen LogP contribution is -2.43. The quantitative estimate of drug-likeness (QED) is 0.392. The number of hydrogen-bond donors (Lipinski definition) is 2. The van der Waals surface area contributed by atoms with E-state index in [1.165, 1.54) is 36.0 Å².